The zero-order chi connectivity index (χ0) is 17.8. The van der Waals surface area contributed by atoms with Crippen molar-refractivity contribution >= 4 is 32.7 Å². The topological polar surface area (TPSA) is 61.4 Å². The summed E-state index contributed by atoms with van der Waals surface area (Å²) >= 11 is 1.62. The number of anilines is 1. The molecule has 1 amide bonds. The van der Waals surface area contributed by atoms with E-state index < -0.39 is 0 Å². The number of thiazole rings is 1. The number of pyridine rings is 1. The number of fused-ring (bicyclic) bond motifs is 1. The molecule has 0 aromatic carbocycles. The zero-order valence-corrected chi connectivity index (χ0v) is 16.0. The summed E-state index contributed by atoms with van der Waals surface area (Å²) in [4.78, 5) is 27.4. The van der Waals surface area contributed by atoms with Crippen LogP contribution in [0.25, 0.3) is 10.3 Å². The Kier molecular flexibility index (Phi) is 5.65. The van der Waals surface area contributed by atoms with Crippen LogP contribution in [0.15, 0.2) is 18.3 Å². The molecule has 140 valence electrons. The first-order valence-electron chi connectivity index (χ1n) is 9.76. The third kappa shape index (κ3) is 4.15. The van der Waals surface area contributed by atoms with Crippen LogP contribution in [0.2, 0.25) is 0 Å². The van der Waals surface area contributed by atoms with Crippen LogP contribution in [0.5, 0.6) is 0 Å². The lowest BCUT2D eigenvalue weighted by molar-refractivity contribution is -0.125. The summed E-state index contributed by atoms with van der Waals surface area (Å²) in [6, 6.07) is 3.91. The van der Waals surface area contributed by atoms with Gasteiger partial charge in [0.25, 0.3) is 0 Å². The molecule has 2 saturated heterocycles. The van der Waals surface area contributed by atoms with Gasteiger partial charge in [0.05, 0.1) is 5.92 Å². The first kappa shape index (κ1) is 17.7. The molecule has 0 saturated carbocycles. The lowest BCUT2D eigenvalue weighted by atomic mass is 9.97. The molecule has 2 aromatic rings. The molecular weight excluding hydrogens is 346 g/mol. The summed E-state index contributed by atoms with van der Waals surface area (Å²) in [7, 11) is 0. The van der Waals surface area contributed by atoms with Crippen molar-refractivity contribution in [2.45, 2.75) is 32.1 Å². The minimum Gasteiger partial charge on any atom is -0.355 e. The van der Waals surface area contributed by atoms with Crippen molar-refractivity contribution in [2.24, 2.45) is 5.92 Å². The number of carbonyl (C=O) groups excluding carboxylic acids is 1. The number of amides is 1. The van der Waals surface area contributed by atoms with Gasteiger partial charge in [-0.3, -0.25) is 4.79 Å². The predicted molar refractivity (Wildman–Crippen MR) is 106 cm³/mol. The first-order chi connectivity index (χ1) is 12.8. The van der Waals surface area contributed by atoms with Gasteiger partial charge < -0.3 is 15.1 Å². The Balaban J connectivity index is 1.30. The van der Waals surface area contributed by atoms with Gasteiger partial charge in [0.2, 0.25) is 5.91 Å². The van der Waals surface area contributed by atoms with Crippen LogP contribution in [0.1, 0.15) is 32.1 Å². The van der Waals surface area contributed by atoms with Gasteiger partial charge in [0.15, 0.2) is 5.13 Å². The van der Waals surface area contributed by atoms with Crippen LogP contribution in [-0.4, -0.2) is 60.0 Å². The molecule has 4 rings (SSSR count). The number of aromatic nitrogens is 2. The van der Waals surface area contributed by atoms with E-state index in [0.29, 0.717) is 0 Å². The van der Waals surface area contributed by atoms with Gasteiger partial charge >= 0.3 is 0 Å². The van der Waals surface area contributed by atoms with Gasteiger partial charge in [0, 0.05) is 32.4 Å². The van der Waals surface area contributed by atoms with Crippen LogP contribution >= 0.6 is 11.3 Å². The second-order valence-corrected chi connectivity index (χ2v) is 8.26. The van der Waals surface area contributed by atoms with Crippen molar-refractivity contribution in [3.05, 3.63) is 18.3 Å². The van der Waals surface area contributed by atoms with Gasteiger partial charge in [-0.05, 0) is 50.9 Å². The highest BCUT2D eigenvalue weighted by Gasteiger charge is 2.27. The molecule has 0 aliphatic carbocycles. The normalized spacial score (nSPS) is 21.8. The fourth-order valence-corrected chi connectivity index (χ4v) is 4.87. The highest BCUT2D eigenvalue weighted by molar-refractivity contribution is 7.21. The fraction of sp³-hybridized carbons (Fsp3) is 0.632. The summed E-state index contributed by atoms with van der Waals surface area (Å²) in [5.74, 6) is 0.260. The maximum absolute atomic E-state index is 12.6. The van der Waals surface area contributed by atoms with E-state index in [4.69, 9.17) is 4.98 Å². The molecule has 6 nitrogen and oxygen atoms in total. The highest BCUT2D eigenvalue weighted by atomic mass is 32.1. The maximum atomic E-state index is 12.6. The Bertz CT molecular complexity index is 709. The average molecular weight is 374 g/mol. The van der Waals surface area contributed by atoms with Crippen molar-refractivity contribution in [2.75, 3.05) is 44.2 Å². The third-order valence-corrected chi connectivity index (χ3v) is 6.43. The van der Waals surface area contributed by atoms with Crippen LogP contribution in [0.3, 0.4) is 0 Å². The van der Waals surface area contributed by atoms with Crippen molar-refractivity contribution in [3.63, 3.8) is 0 Å². The van der Waals surface area contributed by atoms with E-state index in [1.165, 1.54) is 32.4 Å². The Morgan fingerprint density at radius 1 is 1.23 bits per heavy atom. The number of nitrogens with one attached hydrogen (secondary N) is 1. The quantitative estimate of drug-likeness (QED) is 0.873. The Hall–Kier alpha value is -1.73. The van der Waals surface area contributed by atoms with Gasteiger partial charge in [0.1, 0.15) is 10.3 Å². The summed E-state index contributed by atoms with van der Waals surface area (Å²) < 4.78 is 0. The fourth-order valence-electron chi connectivity index (χ4n) is 3.92. The van der Waals surface area contributed by atoms with Crippen LogP contribution < -0.4 is 10.2 Å². The van der Waals surface area contributed by atoms with Crippen molar-refractivity contribution in [1.82, 2.24) is 20.2 Å². The van der Waals surface area contributed by atoms with Crippen molar-refractivity contribution in [3.8, 4) is 0 Å². The zero-order valence-electron chi connectivity index (χ0n) is 15.2. The van der Waals surface area contributed by atoms with E-state index in [9.17, 15) is 4.79 Å². The molecule has 0 radical (unpaired) electrons. The monoisotopic (exact) mass is 373 g/mol. The number of carbonyl (C=O) groups is 1. The van der Waals surface area contributed by atoms with E-state index in [1.807, 2.05) is 12.1 Å². The average Bonchev–Trinajstić information content (AvgIpc) is 3.13. The summed E-state index contributed by atoms with van der Waals surface area (Å²) in [6.45, 7) is 5.83. The van der Waals surface area contributed by atoms with Crippen LogP contribution in [0, 0.1) is 5.92 Å². The minimum absolute atomic E-state index is 0.0603. The predicted octanol–water partition coefficient (Wildman–Crippen LogP) is 2.51. The van der Waals surface area contributed by atoms with Crippen molar-refractivity contribution < 1.29 is 4.79 Å². The molecular formula is C19H27N5OS. The molecule has 7 heteroatoms. The molecule has 2 fully saturated rings. The van der Waals surface area contributed by atoms with Gasteiger partial charge in [-0.15, -0.1) is 0 Å². The number of piperidine rings is 2. The van der Waals surface area contributed by atoms with Gasteiger partial charge in [-0.2, -0.15) is 0 Å². The van der Waals surface area contributed by atoms with E-state index >= 15 is 0 Å². The second-order valence-electron chi connectivity index (χ2n) is 7.30. The lowest BCUT2D eigenvalue weighted by Gasteiger charge is -2.32. The smallest absolute Gasteiger partial charge is 0.224 e. The van der Waals surface area contributed by atoms with Gasteiger partial charge in [-0.25, -0.2) is 9.97 Å². The largest absolute Gasteiger partial charge is 0.355 e. The third-order valence-electron chi connectivity index (χ3n) is 5.39. The number of rotatable bonds is 5. The molecule has 2 aromatic heterocycles. The van der Waals surface area contributed by atoms with E-state index in [1.54, 1.807) is 17.5 Å². The van der Waals surface area contributed by atoms with Gasteiger partial charge in [-0.1, -0.05) is 17.8 Å². The Labute approximate surface area is 158 Å². The molecule has 0 bridgehead atoms. The molecule has 26 heavy (non-hydrogen) atoms. The number of hydrogen-bond donors (Lipinski definition) is 1. The number of hydrogen-bond acceptors (Lipinski definition) is 6. The Morgan fingerprint density at radius 2 is 2.12 bits per heavy atom. The lowest BCUT2D eigenvalue weighted by Crippen LogP contribution is -2.45. The SMILES string of the molecule is O=C(NCCN1CCCCC1)[C@@H]1CCCN(c2nc3cccnc3s2)C1. The number of likely N-dealkylation sites (tertiary alicyclic amines) is 1. The maximum Gasteiger partial charge on any atom is 0.224 e. The molecule has 4 heterocycles. The first-order valence-corrected chi connectivity index (χ1v) is 10.6. The van der Waals surface area contributed by atoms with Crippen LogP contribution in [0.4, 0.5) is 5.13 Å². The standard InChI is InChI=1S/C19H27N5OS/c25-17(20-9-13-23-10-2-1-3-11-23)15-6-5-12-24(14-15)19-22-16-7-4-8-21-18(16)26-19/h4,7-8,15H,1-3,5-6,9-14H2,(H,20,25)/t15-/m1/s1. The minimum atomic E-state index is 0.0603. The Morgan fingerprint density at radius 3 is 2.96 bits per heavy atom. The molecule has 2 aliphatic rings. The van der Waals surface area contributed by atoms with E-state index in [-0.39, 0.29) is 11.8 Å². The second kappa shape index (κ2) is 8.31. The molecule has 1 atom stereocenters. The number of nitrogens with zero attached hydrogens (tertiary/aromatic N) is 4. The van der Waals surface area contributed by atoms with Crippen molar-refractivity contribution in [1.29, 1.82) is 0 Å². The molecule has 0 spiro atoms. The molecule has 0 unspecified atom stereocenters. The molecule has 2 aliphatic heterocycles. The molecule has 1 N–H and O–H groups in total. The summed E-state index contributed by atoms with van der Waals surface area (Å²) in [5.41, 5.74) is 0.945. The van der Waals surface area contributed by atoms with E-state index in [2.05, 4.69) is 20.1 Å². The summed E-state index contributed by atoms with van der Waals surface area (Å²) in [6.07, 6.45) is 7.75. The highest BCUT2D eigenvalue weighted by Crippen LogP contribution is 2.30. The summed E-state index contributed by atoms with van der Waals surface area (Å²) in [5, 5.41) is 4.15. The van der Waals surface area contributed by atoms with Crippen LogP contribution in [-0.2, 0) is 4.79 Å². The van der Waals surface area contributed by atoms with E-state index in [0.717, 1.165) is 54.5 Å².